The van der Waals surface area contributed by atoms with Gasteiger partial charge in [-0.05, 0) is 66.9 Å². The van der Waals surface area contributed by atoms with Crippen LogP contribution in [0.4, 0.5) is 5.69 Å². The number of hydrogen-bond donors (Lipinski definition) is 1. The van der Waals surface area contributed by atoms with Gasteiger partial charge in [-0.25, -0.2) is 0 Å². The molecule has 106 valence electrons. The highest BCUT2D eigenvalue weighted by molar-refractivity contribution is 9.10. The van der Waals surface area contributed by atoms with E-state index in [-0.39, 0.29) is 0 Å². The summed E-state index contributed by atoms with van der Waals surface area (Å²) in [5, 5.41) is 4.42. The van der Waals surface area contributed by atoms with Crippen LogP contribution < -0.4 is 10.2 Å². The predicted octanol–water partition coefficient (Wildman–Crippen LogP) is 4.46. The molecule has 1 fully saturated rings. The summed E-state index contributed by atoms with van der Waals surface area (Å²) in [4.78, 5) is 2.46. The Balaban J connectivity index is 2.01. The first-order valence-corrected chi connectivity index (χ1v) is 8.24. The molecule has 0 spiro atoms. The van der Waals surface area contributed by atoms with E-state index in [0.717, 1.165) is 22.6 Å². The zero-order valence-corrected chi connectivity index (χ0v) is 14.0. The van der Waals surface area contributed by atoms with E-state index < -0.39 is 0 Å². The highest BCUT2D eigenvalue weighted by Gasteiger charge is 2.25. The molecule has 2 atom stereocenters. The fourth-order valence-corrected chi connectivity index (χ4v) is 3.17. The van der Waals surface area contributed by atoms with E-state index in [4.69, 9.17) is 11.6 Å². The number of hydrogen-bond acceptors (Lipinski definition) is 2. The van der Waals surface area contributed by atoms with Crippen molar-refractivity contribution in [3.05, 3.63) is 27.7 Å². The minimum atomic E-state index is 0.556. The number of nitrogens with one attached hydrogen (secondary N) is 1. The van der Waals surface area contributed by atoms with Crippen molar-refractivity contribution in [1.82, 2.24) is 5.32 Å². The van der Waals surface area contributed by atoms with E-state index in [0.29, 0.717) is 12.1 Å². The van der Waals surface area contributed by atoms with E-state index in [9.17, 15) is 0 Å². The molecule has 2 rings (SSSR count). The lowest BCUT2D eigenvalue weighted by molar-refractivity contribution is 0.369. The Kier molecular flexibility index (Phi) is 5.55. The van der Waals surface area contributed by atoms with Crippen molar-refractivity contribution >= 4 is 33.2 Å². The molecule has 2 nitrogen and oxygen atoms in total. The highest BCUT2D eigenvalue weighted by Crippen LogP contribution is 2.31. The molecule has 19 heavy (non-hydrogen) atoms. The number of rotatable bonds is 4. The molecule has 1 saturated heterocycles. The summed E-state index contributed by atoms with van der Waals surface area (Å²) in [6.45, 7) is 6.74. The lowest BCUT2D eigenvalue weighted by Gasteiger charge is -2.39. The minimum Gasteiger partial charge on any atom is -0.369 e. The van der Waals surface area contributed by atoms with Crippen LogP contribution >= 0.6 is 27.5 Å². The van der Waals surface area contributed by atoms with Gasteiger partial charge in [0.05, 0.1) is 5.02 Å². The summed E-state index contributed by atoms with van der Waals surface area (Å²) >= 11 is 9.64. The number of benzene rings is 1. The number of anilines is 1. The van der Waals surface area contributed by atoms with Gasteiger partial charge in [-0.1, -0.05) is 18.5 Å². The summed E-state index contributed by atoms with van der Waals surface area (Å²) in [5.74, 6) is 0. The molecule has 0 aliphatic carbocycles. The first-order chi connectivity index (χ1) is 9.11. The molecular formula is C15H22BrClN2. The van der Waals surface area contributed by atoms with Crippen LogP contribution in [-0.2, 0) is 0 Å². The molecule has 1 aliphatic heterocycles. The SMILES string of the molecule is CCCNC1CCN(c2ccc(Br)c(Cl)c2)C(C)C1. The third kappa shape index (κ3) is 3.87. The maximum absolute atomic E-state index is 6.19. The Morgan fingerprint density at radius 1 is 1.47 bits per heavy atom. The summed E-state index contributed by atoms with van der Waals surface area (Å²) in [6, 6.07) is 7.46. The Morgan fingerprint density at radius 2 is 2.26 bits per heavy atom. The monoisotopic (exact) mass is 344 g/mol. The highest BCUT2D eigenvalue weighted by atomic mass is 79.9. The molecule has 1 N–H and O–H groups in total. The number of nitrogens with zero attached hydrogens (tertiary/aromatic N) is 1. The standard InChI is InChI=1S/C15H22BrClN2/c1-3-7-18-12-6-8-19(11(2)9-12)13-4-5-14(16)15(17)10-13/h4-5,10-12,18H,3,6-9H2,1-2H3. The number of halogens is 2. The van der Waals surface area contributed by atoms with Gasteiger partial charge in [0, 0.05) is 28.8 Å². The molecule has 0 amide bonds. The molecule has 1 heterocycles. The van der Waals surface area contributed by atoms with Crippen LogP contribution in [0.25, 0.3) is 0 Å². The lowest BCUT2D eigenvalue weighted by atomic mass is 9.97. The molecule has 2 unspecified atom stereocenters. The lowest BCUT2D eigenvalue weighted by Crippen LogP contribution is -2.47. The average molecular weight is 346 g/mol. The first kappa shape index (κ1) is 15.1. The van der Waals surface area contributed by atoms with Gasteiger partial charge >= 0.3 is 0 Å². The third-order valence-corrected chi connectivity index (χ3v) is 5.03. The van der Waals surface area contributed by atoms with Gasteiger partial charge in [-0.3, -0.25) is 0 Å². The molecule has 0 radical (unpaired) electrons. The van der Waals surface area contributed by atoms with Crippen LogP contribution in [0, 0.1) is 0 Å². The Morgan fingerprint density at radius 3 is 2.89 bits per heavy atom. The van der Waals surface area contributed by atoms with Crippen molar-refractivity contribution in [2.75, 3.05) is 18.0 Å². The van der Waals surface area contributed by atoms with E-state index in [1.54, 1.807) is 0 Å². The largest absolute Gasteiger partial charge is 0.369 e. The van der Waals surface area contributed by atoms with E-state index in [1.807, 2.05) is 6.07 Å². The second kappa shape index (κ2) is 6.96. The Hall–Kier alpha value is -0.250. The molecule has 0 bridgehead atoms. The quantitative estimate of drug-likeness (QED) is 0.866. The predicted molar refractivity (Wildman–Crippen MR) is 87.3 cm³/mol. The second-order valence-electron chi connectivity index (χ2n) is 5.32. The van der Waals surface area contributed by atoms with E-state index in [1.165, 1.54) is 24.9 Å². The Labute approximate surface area is 129 Å². The minimum absolute atomic E-state index is 0.556. The van der Waals surface area contributed by atoms with Crippen molar-refractivity contribution < 1.29 is 0 Å². The van der Waals surface area contributed by atoms with Gasteiger partial charge in [0.1, 0.15) is 0 Å². The van der Waals surface area contributed by atoms with Gasteiger partial charge in [-0.15, -0.1) is 0 Å². The van der Waals surface area contributed by atoms with Crippen molar-refractivity contribution in [2.45, 2.75) is 45.2 Å². The summed E-state index contributed by atoms with van der Waals surface area (Å²) in [7, 11) is 0. The normalized spacial score (nSPS) is 23.7. The second-order valence-corrected chi connectivity index (χ2v) is 6.58. The molecular weight excluding hydrogens is 324 g/mol. The molecule has 1 aromatic rings. The van der Waals surface area contributed by atoms with E-state index in [2.05, 4.69) is 52.1 Å². The van der Waals surface area contributed by atoms with Crippen molar-refractivity contribution in [1.29, 1.82) is 0 Å². The van der Waals surface area contributed by atoms with Gasteiger partial charge < -0.3 is 10.2 Å². The fourth-order valence-electron chi connectivity index (χ4n) is 2.75. The molecule has 4 heteroatoms. The maximum atomic E-state index is 6.19. The average Bonchev–Trinajstić information content (AvgIpc) is 2.40. The fraction of sp³-hybridized carbons (Fsp3) is 0.600. The van der Waals surface area contributed by atoms with Gasteiger partial charge in [-0.2, -0.15) is 0 Å². The van der Waals surface area contributed by atoms with Crippen molar-refractivity contribution in [3.63, 3.8) is 0 Å². The molecule has 0 aromatic heterocycles. The van der Waals surface area contributed by atoms with Gasteiger partial charge in [0.25, 0.3) is 0 Å². The Bertz CT molecular complexity index is 425. The van der Waals surface area contributed by atoms with Crippen molar-refractivity contribution in [2.24, 2.45) is 0 Å². The van der Waals surface area contributed by atoms with Gasteiger partial charge in [0.15, 0.2) is 0 Å². The van der Waals surface area contributed by atoms with Crippen LogP contribution in [0.5, 0.6) is 0 Å². The van der Waals surface area contributed by atoms with Crippen LogP contribution in [0.15, 0.2) is 22.7 Å². The third-order valence-electron chi connectivity index (χ3n) is 3.79. The van der Waals surface area contributed by atoms with Crippen molar-refractivity contribution in [3.8, 4) is 0 Å². The zero-order chi connectivity index (χ0) is 13.8. The van der Waals surface area contributed by atoms with Crippen LogP contribution in [-0.4, -0.2) is 25.2 Å². The van der Waals surface area contributed by atoms with Crippen LogP contribution in [0.3, 0.4) is 0 Å². The summed E-state index contributed by atoms with van der Waals surface area (Å²) in [6.07, 6.45) is 3.61. The van der Waals surface area contributed by atoms with Gasteiger partial charge in [0.2, 0.25) is 0 Å². The molecule has 1 aliphatic rings. The smallest absolute Gasteiger partial charge is 0.0568 e. The summed E-state index contributed by atoms with van der Waals surface area (Å²) in [5.41, 5.74) is 1.23. The maximum Gasteiger partial charge on any atom is 0.0568 e. The number of piperidine rings is 1. The van der Waals surface area contributed by atoms with Crippen LogP contribution in [0.2, 0.25) is 5.02 Å². The van der Waals surface area contributed by atoms with E-state index >= 15 is 0 Å². The summed E-state index contributed by atoms with van der Waals surface area (Å²) < 4.78 is 0.963. The zero-order valence-electron chi connectivity index (χ0n) is 11.6. The van der Waals surface area contributed by atoms with Crippen LogP contribution in [0.1, 0.15) is 33.1 Å². The first-order valence-electron chi connectivity index (χ1n) is 7.07. The topological polar surface area (TPSA) is 15.3 Å². The molecule has 1 aromatic carbocycles. The molecule has 0 saturated carbocycles.